The van der Waals surface area contributed by atoms with E-state index in [0.29, 0.717) is 35.7 Å². The topological polar surface area (TPSA) is 79.0 Å². The first kappa shape index (κ1) is 41.5. The summed E-state index contributed by atoms with van der Waals surface area (Å²) in [5.41, 5.74) is 9.39. The molecule has 9 heteroatoms. The third-order valence-corrected chi connectivity index (χ3v) is 10.7. The Labute approximate surface area is 295 Å². The average molecular weight is 773 g/mol. The van der Waals surface area contributed by atoms with Crippen molar-refractivity contribution >= 4 is 68.1 Å². The van der Waals surface area contributed by atoms with Crippen LogP contribution in [0.5, 0.6) is 0 Å². The Hall–Kier alpha value is -1.48. The number of rotatable bonds is 12. The van der Waals surface area contributed by atoms with Crippen LogP contribution in [0.3, 0.4) is 0 Å². The lowest BCUT2D eigenvalue weighted by atomic mass is 9.72. The molecule has 0 saturated carbocycles. The van der Waals surface area contributed by atoms with Crippen LogP contribution in [-0.2, 0) is 9.59 Å². The number of allylic oxidation sites excluding steroid dienone is 1. The van der Waals surface area contributed by atoms with Crippen LogP contribution >= 0.6 is 43.5 Å². The van der Waals surface area contributed by atoms with Gasteiger partial charge in [0.25, 0.3) is 0 Å². The maximum Gasteiger partial charge on any atom is 0.222 e. The molecule has 2 N–H and O–H groups in total. The van der Waals surface area contributed by atoms with Gasteiger partial charge in [0.1, 0.15) is 0 Å². The zero-order valence-corrected chi connectivity index (χ0v) is 32.4. The molecule has 3 rings (SSSR count). The third kappa shape index (κ3) is 13.3. The highest BCUT2D eigenvalue weighted by molar-refractivity contribution is 9.10. The van der Waals surface area contributed by atoms with E-state index in [1.54, 1.807) is 0 Å². The Kier molecular flexibility index (Phi) is 21.2. The number of primary amides is 1. The summed E-state index contributed by atoms with van der Waals surface area (Å²) in [6.45, 7) is 19.4. The quantitative estimate of drug-likeness (QED) is 0.0996. The van der Waals surface area contributed by atoms with Crippen LogP contribution in [0.25, 0.3) is 6.08 Å². The number of nitrogens with zero attached hydrogens (tertiary/aromatic N) is 3. The van der Waals surface area contributed by atoms with Crippen LogP contribution in [-0.4, -0.2) is 72.9 Å². The molecule has 2 aliphatic heterocycles. The molecule has 2 amide bonds. The molecule has 6 nitrogen and oxygen atoms in total. The molecule has 1 aromatic carbocycles. The average Bonchev–Trinajstić information content (AvgIpc) is 3.04. The zero-order chi connectivity index (χ0) is 33.9. The number of benzene rings is 1. The Balaban J connectivity index is 0.00000191. The number of hydrogen-bond acceptors (Lipinski definition) is 4. The van der Waals surface area contributed by atoms with E-state index < -0.39 is 0 Å². The molecule has 2 saturated heterocycles. The molecule has 0 radical (unpaired) electrons. The lowest BCUT2D eigenvalue weighted by Crippen LogP contribution is -2.41. The van der Waals surface area contributed by atoms with Crippen molar-refractivity contribution in [3.63, 3.8) is 0 Å². The molecule has 0 aliphatic carbocycles. The first-order chi connectivity index (χ1) is 21.6. The second-order valence-corrected chi connectivity index (χ2v) is 14.1. The molecule has 2 aliphatic rings. The lowest BCUT2D eigenvalue weighted by molar-refractivity contribution is -0.134. The Morgan fingerprint density at radius 2 is 1.69 bits per heavy atom. The molecule has 1 aromatic rings. The van der Waals surface area contributed by atoms with Crippen molar-refractivity contribution in [2.75, 3.05) is 39.8 Å². The van der Waals surface area contributed by atoms with Crippen molar-refractivity contribution in [3.8, 4) is 0 Å². The summed E-state index contributed by atoms with van der Waals surface area (Å²) >= 11 is 14.1. The maximum absolute atomic E-state index is 13.3. The van der Waals surface area contributed by atoms with Crippen LogP contribution in [0.4, 0.5) is 0 Å². The lowest BCUT2D eigenvalue weighted by Gasteiger charge is -2.39. The second kappa shape index (κ2) is 22.9. The highest BCUT2D eigenvalue weighted by Gasteiger charge is 2.35. The van der Waals surface area contributed by atoms with Crippen LogP contribution < -0.4 is 5.73 Å². The highest BCUT2D eigenvalue weighted by atomic mass is 79.9. The molecule has 254 valence electrons. The predicted molar refractivity (Wildman–Crippen MR) is 202 cm³/mol. The smallest absolute Gasteiger partial charge is 0.222 e. The van der Waals surface area contributed by atoms with E-state index in [4.69, 9.17) is 21.4 Å². The normalized spacial score (nSPS) is 17.4. The van der Waals surface area contributed by atoms with Gasteiger partial charge < -0.3 is 15.5 Å². The molecular weight excluding hydrogens is 716 g/mol. The number of amides is 2. The van der Waals surface area contributed by atoms with Crippen molar-refractivity contribution in [2.45, 2.75) is 96.7 Å². The van der Waals surface area contributed by atoms with Crippen molar-refractivity contribution in [2.24, 2.45) is 22.6 Å². The van der Waals surface area contributed by atoms with E-state index >= 15 is 0 Å². The van der Waals surface area contributed by atoms with Crippen LogP contribution in [0, 0.1) is 11.8 Å². The van der Waals surface area contributed by atoms with Gasteiger partial charge in [0.15, 0.2) is 0 Å². The second-order valence-electron chi connectivity index (χ2n) is 11.6. The van der Waals surface area contributed by atoms with E-state index in [2.05, 4.69) is 88.0 Å². The van der Waals surface area contributed by atoms with Crippen molar-refractivity contribution in [1.29, 1.82) is 0 Å². The van der Waals surface area contributed by atoms with Gasteiger partial charge in [0.2, 0.25) is 12.3 Å². The van der Waals surface area contributed by atoms with E-state index in [1.165, 1.54) is 16.7 Å². The highest BCUT2D eigenvalue weighted by Crippen LogP contribution is 2.45. The summed E-state index contributed by atoms with van der Waals surface area (Å²) in [4.78, 5) is 31.6. The molecular formula is C36H57Br2ClN4O2. The van der Waals surface area contributed by atoms with Gasteiger partial charge in [0.05, 0.1) is 6.54 Å². The number of piperidine rings is 2. The molecule has 45 heavy (non-hydrogen) atoms. The van der Waals surface area contributed by atoms with Gasteiger partial charge in [-0.15, -0.1) is 0 Å². The summed E-state index contributed by atoms with van der Waals surface area (Å²) in [6, 6.07) is 4.05. The standard InChI is InChI=1S/C33H48Br2ClN3O.C2H6.CH3NO/c1-6-24(7-2)29(22-37-21-27(34)9-4)32(33-25(8-3)19-28(36)20-30(33)35)26-12-16-39(17-13-26)31(40)18-23-10-14-38(5)15-11-23;1-2;2-1-3/h8,19-21,23,26-27,32H,3,6-7,9-18,22H2,1-2,4-5H3;1-2H3;1H,(H2,2,3). The van der Waals surface area contributed by atoms with Gasteiger partial charge in [-0.25, -0.2) is 0 Å². The number of carbonyl (C=O) groups excluding carboxylic acids is 2. The third-order valence-electron chi connectivity index (χ3n) is 8.92. The van der Waals surface area contributed by atoms with Crippen molar-refractivity contribution < 1.29 is 9.59 Å². The first-order valence-corrected chi connectivity index (χ1v) is 18.8. The fourth-order valence-electron chi connectivity index (χ4n) is 6.43. The number of nitrogens with two attached hydrogens (primary N) is 1. The van der Waals surface area contributed by atoms with E-state index in [1.807, 2.05) is 32.1 Å². The fraction of sp³-hybridized carbons (Fsp3) is 0.639. The number of hydrogen-bond donors (Lipinski definition) is 1. The summed E-state index contributed by atoms with van der Waals surface area (Å²) in [5.74, 6) is 1.47. The molecule has 0 aromatic heterocycles. The summed E-state index contributed by atoms with van der Waals surface area (Å²) in [6.07, 6.45) is 12.2. The van der Waals surface area contributed by atoms with Crippen LogP contribution in [0.15, 0.2) is 39.3 Å². The monoisotopic (exact) mass is 770 g/mol. The molecule has 2 unspecified atom stereocenters. The van der Waals surface area contributed by atoms with E-state index in [9.17, 15) is 4.79 Å². The molecule has 2 heterocycles. The van der Waals surface area contributed by atoms with Gasteiger partial charge in [-0.3, -0.25) is 14.6 Å². The number of alkyl halides is 1. The summed E-state index contributed by atoms with van der Waals surface area (Å²) in [5, 5.41) is 0.707. The number of aliphatic imine (C=N–C) groups is 1. The number of carbonyl (C=O) groups is 2. The fourth-order valence-corrected chi connectivity index (χ4v) is 7.67. The van der Waals surface area contributed by atoms with Crippen LogP contribution in [0.2, 0.25) is 5.02 Å². The SMILES string of the molecule is C=Cc1cc(Cl)cc(Br)c1C(C(CN=CC(Br)CC)=C(CC)CC)C1CCN(C(=O)CC2CCN(C)CC2)CC1.CC.NC=O. The molecule has 2 atom stereocenters. The van der Waals surface area contributed by atoms with Crippen molar-refractivity contribution in [1.82, 2.24) is 9.80 Å². The van der Waals surface area contributed by atoms with Gasteiger partial charge in [-0.05, 0) is 106 Å². The summed E-state index contributed by atoms with van der Waals surface area (Å²) in [7, 11) is 2.18. The number of likely N-dealkylation sites (tertiary alicyclic amines) is 2. The molecule has 2 fully saturated rings. The largest absolute Gasteiger partial charge is 0.372 e. The van der Waals surface area contributed by atoms with Gasteiger partial charge in [-0.1, -0.05) is 96.3 Å². The number of halogens is 3. The predicted octanol–water partition coefficient (Wildman–Crippen LogP) is 9.29. The molecule has 0 spiro atoms. The van der Waals surface area contributed by atoms with E-state index in [0.717, 1.165) is 81.2 Å². The minimum Gasteiger partial charge on any atom is -0.372 e. The van der Waals surface area contributed by atoms with Gasteiger partial charge in [-0.2, -0.15) is 0 Å². The molecule has 0 bridgehead atoms. The Bertz CT molecular complexity index is 1100. The minimum atomic E-state index is 0.188. The first-order valence-electron chi connectivity index (χ1n) is 16.7. The maximum atomic E-state index is 13.3. The Morgan fingerprint density at radius 1 is 1.11 bits per heavy atom. The summed E-state index contributed by atoms with van der Waals surface area (Å²) < 4.78 is 1.03. The Morgan fingerprint density at radius 3 is 2.20 bits per heavy atom. The van der Waals surface area contributed by atoms with Crippen LogP contribution in [0.1, 0.15) is 103 Å². The van der Waals surface area contributed by atoms with Gasteiger partial charge in [0, 0.05) is 46.0 Å². The van der Waals surface area contributed by atoms with Gasteiger partial charge >= 0.3 is 0 Å². The minimum absolute atomic E-state index is 0.188. The van der Waals surface area contributed by atoms with E-state index in [-0.39, 0.29) is 17.2 Å². The zero-order valence-electron chi connectivity index (χ0n) is 28.5. The van der Waals surface area contributed by atoms with Crippen molar-refractivity contribution in [3.05, 3.63) is 50.5 Å².